The standard InChI is InChI=1S/C56H107NO5/c1-3-5-7-9-11-13-15-17-19-21-23-24-26-28-32-36-40-44-48-54(59)53(52-58)57-55(60)49-45-41-37-33-30-31-35-39-43-47-51-62-56(61)50-46-42-38-34-29-27-25-22-20-18-16-14-12-10-8-6-4-2/h31,35,44,48,53-54,58-59H,3-30,32-34,36-43,45-47,49-52H2,1-2H3,(H,57,60)/b35-31-,48-44+. The van der Waals surface area contributed by atoms with Crippen molar-refractivity contribution in [1.29, 1.82) is 0 Å². The fourth-order valence-corrected chi connectivity index (χ4v) is 8.45. The van der Waals surface area contributed by atoms with E-state index in [1.54, 1.807) is 6.08 Å². The van der Waals surface area contributed by atoms with Gasteiger partial charge in [-0.1, -0.05) is 250 Å². The molecule has 0 aromatic heterocycles. The first-order valence-corrected chi connectivity index (χ1v) is 27.6. The van der Waals surface area contributed by atoms with E-state index in [0.717, 1.165) is 77.0 Å². The van der Waals surface area contributed by atoms with Crippen molar-refractivity contribution in [3.8, 4) is 0 Å². The zero-order valence-corrected chi connectivity index (χ0v) is 41.6. The molecule has 0 aliphatic rings. The summed E-state index contributed by atoms with van der Waals surface area (Å²) in [6.45, 7) is 4.83. The van der Waals surface area contributed by atoms with Gasteiger partial charge in [-0.15, -0.1) is 0 Å². The van der Waals surface area contributed by atoms with Crippen LogP contribution in [0, 0.1) is 0 Å². The molecule has 0 heterocycles. The number of ether oxygens (including phenoxy) is 1. The fraction of sp³-hybridized carbons (Fsp3) is 0.893. The minimum absolute atomic E-state index is 0.0343. The monoisotopic (exact) mass is 874 g/mol. The van der Waals surface area contributed by atoms with Crippen LogP contribution < -0.4 is 5.32 Å². The number of aliphatic hydroxyl groups excluding tert-OH is 2. The molecule has 0 saturated heterocycles. The molecule has 62 heavy (non-hydrogen) atoms. The first kappa shape index (κ1) is 60.3. The molecule has 0 aliphatic heterocycles. The Hall–Kier alpha value is -1.66. The summed E-state index contributed by atoms with van der Waals surface area (Å²) < 4.78 is 5.45. The van der Waals surface area contributed by atoms with Crippen LogP contribution in [0.25, 0.3) is 0 Å². The van der Waals surface area contributed by atoms with Crippen LogP contribution in [-0.2, 0) is 14.3 Å². The molecule has 0 spiro atoms. The van der Waals surface area contributed by atoms with E-state index in [-0.39, 0.29) is 18.5 Å². The van der Waals surface area contributed by atoms with Gasteiger partial charge in [0.2, 0.25) is 5.91 Å². The first-order chi connectivity index (χ1) is 30.5. The Morgan fingerprint density at radius 1 is 0.435 bits per heavy atom. The molecular formula is C56H107NO5. The van der Waals surface area contributed by atoms with Gasteiger partial charge in [-0.25, -0.2) is 0 Å². The van der Waals surface area contributed by atoms with Crippen LogP contribution in [0.1, 0.15) is 296 Å². The molecule has 6 nitrogen and oxygen atoms in total. The highest BCUT2D eigenvalue weighted by molar-refractivity contribution is 5.76. The van der Waals surface area contributed by atoms with Crippen molar-refractivity contribution in [3.63, 3.8) is 0 Å². The third kappa shape index (κ3) is 47.8. The lowest BCUT2D eigenvalue weighted by atomic mass is 10.0. The van der Waals surface area contributed by atoms with Crippen LogP contribution in [0.4, 0.5) is 0 Å². The number of rotatable bonds is 51. The lowest BCUT2D eigenvalue weighted by Gasteiger charge is -2.20. The molecule has 0 rings (SSSR count). The molecule has 0 aromatic carbocycles. The van der Waals surface area contributed by atoms with Gasteiger partial charge in [0.15, 0.2) is 0 Å². The molecule has 1 amide bonds. The molecule has 0 fully saturated rings. The third-order valence-electron chi connectivity index (χ3n) is 12.7. The summed E-state index contributed by atoms with van der Waals surface area (Å²) in [5.74, 6) is -0.136. The SMILES string of the molecule is CCCCCCCCCCCCCCCCCC/C=C/C(O)C(CO)NC(=O)CCCCCC/C=C\CCCCOC(=O)CCCCCCCCCCCCCCCCCCC. The molecule has 0 aliphatic carbocycles. The fourth-order valence-electron chi connectivity index (χ4n) is 8.45. The van der Waals surface area contributed by atoms with Gasteiger partial charge in [0.05, 0.1) is 25.4 Å². The quantitative estimate of drug-likeness (QED) is 0.0321. The Kier molecular flexibility index (Phi) is 50.6. The van der Waals surface area contributed by atoms with Crippen LogP contribution in [0.3, 0.4) is 0 Å². The highest BCUT2D eigenvalue weighted by Gasteiger charge is 2.18. The number of nitrogens with one attached hydrogen (secondary N) is 1. The second kappa shape index (κ2) is 52.0. The predicted octanol–water partition coefficient (Wildman–Crippen LogP) is 16.7. The van der Waals surface area contributed by atoms with Gasteiger partial charge in [0, 0.05) is 12.8 Å². The Morgan fingerprint density at radius 3 is 1.15 bits per heavy atom. The molecule has 2 atom stereocenters. The van der Waals surface area contributed by atoms with E-state index >= 15 is 0 Å². The Labute approximate surface area is 386 Å². The van der Waals surface area contributed by atoms with Crippen molar-refractivity contribution in [1.82, 2.24) is 5.32 Å². The topological polar surface area (TPSA) is 95.9 Å². The highest BCUT2D eigenvalue weighted by Crippen LogP contribution is 2.17. The summed E-state index contributed by atoms with van der Waals surface area (Å²) in [6, 6.07) is -0.653. The second-order valence-corrected chi connectivity index (χ2v) is 18.9. The van der Waals surface area contributed by atoms with E-state index in [2.05, 4.69) is 31.3 Å². The van der Waals surface area contributed by atoms with Gasteiger partial charge in [-0.2, -0.15) is 0 Å². The summed E-state index contributed by atoms with van der Waals surface area (Å²) in [6.07, 6.45) is 61.9. The zero-order valence-electron chi connectivity index (χ0n) is 41.6. The van der Waals surface area contributed by atoms with Crippen molar-refractivity contribution >= 4 is 11.9 Å². The van der Waals surface area contributed by atoms with Gasteiger partial charge in [-0.05, 0) is 57.8 Å². The first-order valence-electron chi connectivity index (χ1n) is 27.6. The van der Waals surface area contributed by atoms with Crippen molar-refractivity contribution in [2.75, 3.05) is 13.2 Å². The number of carbonyl (C=O) groups excluding carboxylic acids is 2. The molecule has 2 unspecified atom stereocenters. The maximum atomic E-state index is 12.4. The highest BCUT2D eigenvalue weighted by atomic mass is 16.5. The molecule has 6 heteroatoms. The number of hydrogen-bond donors (Lipinski definition) is 3. The maximum Gasteiger partial charge on any atom is 0.305 e. The van der Waals surface area contributed by atoms with Crippen LogP contribution in [0.5, 0.6) is 0 Å². The van der Waals surface area contributed by atoms with E-state index in [9.17, 15) is 19.8 Å². The normalized spacial score (nSPS) is 12.8. The van der Waals surface area contributed by atoms with E-state index in [1.165, 1.54) is 193 Å². The van der Waals surface area contributed by atoms with Gasteiger partial charge < -0.3 is 20.3 Å². The van der Waals surface area contributed by atoms with Gasteiger partial charge in [0.1, 0.15) is 0 Å². The molecular weight excluding hydrogens is 767 g/mol. The number of allylic oxidation sites excluding steroid dienone is 3. The average Bonchev–Trinajstić information content (AvgIpc) is 3.27. The van der Waals surface area contributed by atoms with Crippen LogP contribution in [0.15, 0.2) is 24.3 Å². The van der Waals surface area contributed by atoms with E-state index in [1.807, 2.05) is 6.08 Å². The summed E-state index contributed by atoms with van der Waals surface area (Å²) in [5.41, 5.74) is 0. The molecule has 3 N–H and O–H groups in total. The Bertz CT molecular complexity index is 966. The van der Waals surface area contributed by atoms with Gasteiger partial charge >= 0.3 is 5.97 Å². The van der Waals surface area contributed by atoms with Crippen molar-refractivity contribution in [3.05, 3.63) is 24.3 Å². The molecule has 0 saturated carbocycles. The number of amides is 1. The summed E-state index contributed by atoms with van der Waals surface area (Å²) in [7, 11) is 0. The van der Waals surface area contributed by atoms with Crippen molar-refractivity contribution in [2.45, 2.75) is 309 Å². The Morgan fingerprint density at radius 2 is 0.758 bits per heavy atom. The molecule has 366 valence electrons. The van der Waals surface area contributed by atoms with Gasteiger partial charge in [0.25, 0.3) is 0 Å². The largest absolute Gasteiger partial charge is 0.466 e. The molecule has 0 radical (unpaired) electrons. The van der Waals surface area contributed by atoms with E-state index < -0.39 is 12.1 Å². The molecule has 0 aromatic rings. The number of esters is 1. The van der Waals surface area contributed by atoms with Crippen LogP contribution in [-0.4, -0.2) is 47.4 Å². The summed E-state index contributed by atoms with van der Waals surface area (Å²) in [4.78, 5) is 24.5. The molecule has 0 bridgehead atoms. The van der Waals surface area contributed by atoms with E-state index in [4.69, 9.17) is 4.74 Å². The average molecular weight is 874 g/mol. The second-order valence-electron chi connectivity index (χ2n) is 18.9. The number of hydrogen-bond acceptors (Lipinski definition) is 5. The lowest BCUT2D eigenvalue weighted by molar-refractivity contribution is -0.143. The minimum Gasteiger partial charge on any atom is -0.466 e. The number of aliphatic hydroxyl groups is 2. The Balaban J connectivity index is 3.54. The minimum atomic E-state index is -0.866. The zero-order chi connectivity index (χ0) is 45.1. The summed E-state index contributed by atoms with van der Waals surface area (Å²) >= 11 is 0. The van der Waals surface area contributed by atoms with E-state index in [0.29, 0.717) is 19.4 Å². The third-order valence-corrected chi connectivity index (χ3v) is 12.7. The van der Waals surface area contributed by atoms with Crippen LogP contribution >= 0.6 is 0 Å². The predicted molar refractivity (Wildman–Crippen MR) is 269 cm³/mol. The van der Waals surface area contributed by atoms with Crippen molar-refractivity contribution < 1.29 is 24.5 Å². The van der Waals surface area contributed by atoms with Crippen LogP contribution in [0.2, 0.25) is 0 Å². The van der Waals surface area contributed by atoms with Gasteiger partial charge in [-0.3, -0.25) is 9.59 Å². The smallest absolute Gasteiger partial charge is 0.305 e. The lowest BCUT2D eigenvalue weighted by Crippen LogP contribution is -2.45. The van der Waals surface area contributed by atoms with Crippen molar-refractivity contribution in [2.24, 2.45) is 0 Å². The summed E-state index contributed by atoms with van der Waals surface area (Å²) in [5, 5.41) is 23.1. The number of unbranched alkanes of at least 4 members (excludes halogenated alkanes) is 38. The maximum absolute atomic E-state index is 12.4. The number of carbonyl (C=O) groups is 2.